The van der Waals surface area contributed by atoms with Gasteiger partial charge in [-0.15, -0.1) is 0 Å². The second-order valence-electron chi connectivity index (χ2n) is 7.63. The van der Waals surface area contributed by atoms with Gasteiger partial charge in [0.2, 0.25) is 0 Å². The van der Waals surface area contributed by atoms with Crippen molar-refractivity contribution in [1.29, 1.82) is 0 Å². The number of amides is 1. The molecule has 1 aromatic heterocycles. The van der Waals surface area contributed by atoms with Gasteiger partial charge >= 0.3 is 6.09 Å². The molecule has 5 nitrogen and oxygen atoms in total. The Labute approximate surface area is 144 Å². The number of aliphatic imine (C=N–C) groups is 1. The predicted octanol–water partition coefficient (Wildman–Crippen LogP) is 4.35. The van der Waals surface area contributed by atoms with Crippen molar-refractivity contribution < 1.29 is 9.53 Å². The van der Waals surface area contributed by atoms with Gasteiger partial charge < -0.3 is 4.74 Å². The molecule has 24 heavy (non-hydrogen) atoms. The zero-order chi connectivity index (χ0) is 17.2. The maximum absolute atomic E-state index is 12.6. The molecule has 1 fully saturated rings. The summed E-state index contributed by atoms with van der Waals surface area (Å²) < 4.78 is 5.58. The van der Waals surface area contributed by atoms with Gasteiger partial charge in [-0.2, -0.15) is 0 Å². The fraction of sp³-hybridized carbons (Fsp3) is 0.632. The molecular formula is C19H27N3O2. The summed E-state index contributed by atoms with van der Waals surface area (Å²) in [6.45, 7) is 6.58. The van der Waals surface area contributed by atoms with Crippen LogP contribution in [-0.4, -0.2) is 35.0 Å². The van der Waals surface area contributed by atoms with E-state index in [2.05, 4.69) is 9.98 Å². The minimum Gasteiger partial charge on any atom is -0.443 e. The third kappa shape index (κ3) is 3.94. The first-order chi connectivity index (χ1) is 11.4. The van der Waals surface area contributed by atoms with Crippen LogP contribution in [0.1, 0.15) is 64.9 Å². The van der Waals surface area contributed by atoms with Gasteiger partial charge in [0.15, 0.2) is 0 Å². The number of pyridine rings is 1. The molecule has 5 heteroatoms. The maximum atomic E-state index is 12.6. The quantitative estimate of drug-likeness (QED) is 0.828. The van der Waals surface area contributed by atoms with Crippen LogP contribution < -0.4 is 4.90 Å². The fourth-order valence-electron chi connectivity index (χ4n) is 3.02. The van der Waals surface area contributed by atoms with Crippen LogP contribution in [0.25, 0.3) is 0 Å². The molecule has 0 radical (unpaired) electrons. The monoisotopic (exact) mass is 329 g/mol. The first-order valence-electron chi connectivity index (χ1n) is 8.96. The highest BCUT2D eigenvalue weighted by atomic mass is 16.6. The Hall–Kier alpha value is -1.91. The first-order valence-corrected chi connectivity index (χ1v) is 8.96. The van der Waals surface area contributed by atoms with E-state index in [1.165, 1.54) is 12.8 Å². The lowest BCUT2D eigenvalue weighted by molar-refractivity contribution is 0.0548. The van der Waals surface area contributed by atoms with Crippen LogP contribution in [0, 0.1) is 0 Å². The van der Waals surface area contributed by atoms with Gasteiger partial charge in [-0.1, -0.05) is 0 Å². The van der Waals surface area contributed by atoms with Crippen molar-refractivity contribution in [2.75, 3.05) is 11.4 Å². The summed E-state index contributed by atoms with van der Waals surface area (Å²) in [5, 5.41) is 0. The van der Waals surface area contributed by atoms with E-state index < -0.39 is 5.60 Å². The molecule has 0 bridgehead atoms. The second-order valence-corrected chi connectivity index (χ2v) is 7.63. The third-order valence-corrected chi connectivity index (χ3v) is 4.48. The molecule has 1 amide bonds. The van der Waals surface area contributed by atoms with Crippen LogP contribution in [0.15, 0.2) is 23.3 Å². The number of carbonyl (C=O) groups excluding carboxylic acids is 1. The molecule has 0 saturated heterocycles. The number of rotatable bonds is 3. The third-order valence-electron chi connectivity index (χ3n) is 4.48. The van der Waals surface area contributed by atoms with Gasteiger partial charge in [-0.05, 0) is 71.4 Å². The molecule has 0 spiro atoms. The highest BCUT2D eigenvalue weighted by molar-refractivity contribution is 6.01. The van der Waals surface area contributed by atoms with Crippen LogP contribution >= 0.6 is 0 Å². The number of aromatic nitrogens is 1. The molecule has 1 aromatic rings. The Kier molecular flexibility index (Phi) is 4.88. The van der Waals surface area contributed by atoms with E-state index in [1.807, 2.05) is 39.1 Å². The van der Waals surface area contributed by atoms with Gasteiger partial charge in [0, 0.05) is 30.1 Å². The Balaban J connectivity index is 1.80. The van der Waals surface area contributed by atoms with Gasteiger partial charge in [0.05, 0.1) is 0 Å². The molecule has 0 unspecified atom stereocenters. The SMILES string of the molecule is CC(C)(C)OC(=O)N(c1ccc(C2=NCCCC2)cn1)C1CCC1. The highest BCUT2D eigenvalue weighted by Gasteiger charge is 2.34. The summed E-state index contributed by atoms with van der Waals surface area (Å²) in [5.74, 6) is 0.675. The summed E-state index contributed by atoms with van der Waals surface area (Å²) in [6, 6.07) is 4.15. The molecular weight excluding hydrogens is 302 g/mol. The predicted molar refractivity (Wildman–Crippen MR) is 95.8 cm³/mol. The average Bonchev–Trinajstić information content (AvgIpc) is 2.50. The van der Waals surface area contributed by atoms with Crippen molar-refractivity contribution in [3.63, 3.8) is 0 Å². The van der Waals surface area contributed by atoms with E-state index in [4.69, 9.17) is 4.74 Å². The smallest absolute Gasteiger partial charge is 0.416 e. The molecule has 1 aliphatic carbocycles. The zero-order valence-corrected chi connectivity index (χ0v) is 14.9. The number of ether oxygens (including phenoxy) is 1. The van der Waals surface area contributed by atoms with Crippen molar-refractivity contribution >= 4 is 17.6 Å². The van der Waals surface area contributed by atoms with E-state index in [0.29, 0.717) is 5.82 Å². The van der Waals surface area contributed by atoms with E-state index in [1.54, 1.807) is 4.90 Å². The standard InChI is InChI=1S/C19H27N3O2/c1-19(2,3)24-18(23)22(15-7-6-8-15)17-11-10-14(13-21-17)16-9-4-5-12-20-16/h10-11,13,15H,4-9,12H2,1-3H3. The lowest BCUT2D eigenvalue weighted by atomic mass is 9.91. The number of hydrogen-bond donors (Lipinski definition) is 0. The van der Waals surface area contributed by atoms with Crippen molar-refractivity contribution in [3.05, 3.63) is 23.9 Å². The lowest BCUT2D eigenvalue weighted by Gasteiger charge is -2.37. The highest BCUT2D eigenvalue weighted by Crippen LogP contribution is 2.30. The normalized spacial score (nSPS) is 18.5. The van der Waals surface area contributed by atoms with Crippen molar-refractivity contribution in [2.24, 2.45) is 4.99 Å². The number of hydrogen-bond acceptors (Lipinski definition) is 4. The summed E-state index contributed by atoms with van der Waals surface area (Å²) in [5.41, 5.74) is 1.69. The Bertz CT molecular complexity index is 612. The van der Waals surface area contributed by atoms with E-state index in [0.717, 1.165) is 43.5 Å². The molecule has 2 heterocycles. The number of anilines is 1. The Morgan fingerprint density at radius 1 is 1.21 bits per heavy atom. The maximum Gasteiger partial charge on any atom is 0.416 e. The van der Waals surface area contributed by atoms with Crippen molar-refractivity contribution in [3.8, 4) is 0 Å². The Morgan fingerprint density at radius 3 is 2.50 bits per heavy atom. The molecule has 0 aromatic carbocycles. The molecule has 3 rings (SSSR count). The van der Waals surface area contributed by atoms with Crippen LogP contribution in [0.3, 0.4) is 0 Å². The molecule has 1 aliphatic heterocycles. The first kappa shape index (κ1) is 16.9. The van der Waals surface area contributed by atoms with Crippen molar-refractivity contribution in [1.82, 2.24) is 4.98 Å². The van der Waals surface area contributed by atoms with Crippen LogP contribution in [0.2, 0.25) is 0 Å². The minimum atomic E-state index is -0.504. The lowest BCUT2D eigenvalue weighted by Crippen LogP contribution is -2.47. The summed E-state index contributed by atoms with van der Waals surface area (Å²) in [4.78, 5) is 23.5. The molecule has 130 valence electrons. The molecule has 0 N–H and O–H groups in total. The number of nitrogens with zero attached hydrogens (tertiary/aromatic N) is 3. The molecule has 0 atom stereocenters. The second kappa shape index (κ2) is 6.91. The minimum absolute atomic E-state index is 0.199. The number of carbonyl (C=O) groups is 1. The topological polar surface area (TPSA) is 54.8 Å². The van der Waals surface area contributed by atoms with E-state index in [-0.39, 0.29) is 12.1 Å². The summed E-state index contributed by atoms with van der Waals surface area (Å²) >= 11 is 0. The van der Waals surface area contributed by atoms with Crippen LogP contribution in [-0.2, 0) is 4.74 Å². The van der Waals surface area contributed by atoms with E-state index in [9.17, 15) is 4.79 Å². The zero-order valence-electron chi connectivity index (χ0n) is 14.9. The van der Waals surface area contributed by atoms with Crippen molar-refractivity contribution in [2.45, 2.75) is 70.9 Å². The Morgan fingerprint density at radius 2 is 2.00 bits per heavy atom. The summed E-state index contributed by atoms with van der Waals surface area (Å²) in [6.07, 6.45) is 8.08. The van der Waals surface area contributed by atoms with Gasteiger partial charge in [-0.3, -0.25) is 9.89 Å². The van der Waals surface area contributed by atoms with Gasteiger partial charge in [0.1, 0.15) is 11.4 Å². The summed E-state index contributed by atoms with van der Waals surface area (Å²) in [7, 11) is 0. The van der Waals surface area contributed by atoms with Gasteiger partial charge in [-0.25, -0.2) is 9.78 Å². The molecule has 1 saturated carbocycles. The largest absolute Gasteiger partial charge is 0.443 e. The van der Waals surface area contributed by atoms with Gasteiger partial charge in [0.25, 0.3) is 0 Å². The van der Waals surface area contributed by atoms with E-state index >= 15 is 0 Å². The fourth-order valence-corrected chi connectivity index (χ4v) is 3.02. The molecule has 2 aliphatic rings. The average molecular weight is 329 g/mol. The van der Waals surface area contributed by atoms with Crippen LogP contribution in [0.5, 0.6) is 0 Å². The van der Waals surface area contributed by atoms with Crippen LogP contribution in [0.4, 0.5) is 10.6 Å².